The first-order chi connectivity index (χ1) is 13.0. The van der Waals surface area contributed by atoms with E-state index in [1.807, 2.05) is 0 Å². The lowest BCUT2D eigenvalue weighted by Gasteiger charge is -2.13. The van der Waals surface area contributed by atoms with Gasteiger partial charge in [0.15, 0.2) is 18.1 Å². The predicted molar refractivity (Wildman–Crippen MR) is 96.2 cm³/mol. The molecule has 0 fully saturated rings. The normalized spacial score (nSPS) is 10.5. The zero-order valence-corrected chi connectivity index (χ0v) is 14.7. The fraction of sp³-hybridized carbons (Fsp3) is 0.118. The number of halogens is 2. The third-order valence-corrected chi connectivity index (χ3v) is 3.88. The number of carbonyl (C=O) groups excluding carboxylic acids is 1. The molecule has 3 N–H and O–H groups in total. The smallest absolute Gasteiger partial charge is 0.281 e. The third-order valence-electron chi connectivity index (χ3n) is 3.59. The van der Waals surface area contributed by atoms with Crippen molar-refractivity contribution in [3.63, 3.8) is 0 Å². The number of hydrogen-bond donors (Lipinski definition) is 3. The Morgan fingerprint density at radius 3 is 2.78 bits per heavy atom. The first-order valence-electron chi connectivity index (χ1n) is 7.62. The average molecular weight is 393 g/mol. The van der Waals surface area contributed by atoms with E-state index in [0.717, 1.165) is 0 Å². The molecule has 0 radical (unpaired) electrons. The molecule has 3 aromatic rings. The van der Waals surface area contributed by atoms with Crippen LogP contribution < -0.4 is 20.3 Å². The number of nitrogens with zero attached hydrogens (tertiary/aromatic N) is 2. The van der Waals surface area contributed by atoms with Crippen LogP contribution in [0.25, 0.3) is 10.9 Å². The van der Waals surface area contributed by atoms with E-state index in [9.17, 15) is 9.18 Å². The maximum atomic E-state index is 13.3. The van der Waals surface area contributed by atoms with Crippen LogP contribution in [0.3, 0.4) is 0 Å². The van der Waals surface area contributed by atoms with Gasteiger partial charge in [-0.05, 0) is 24.3 Å². The summed E-state index contributed by atoms with van der Waals surface area (Å²) in [6, 6.07) is 7.39. The second-order valence-corrected chi connectivity index (χ2v) is 5.73. The lowest BCUT2D eigenvalue weighted by atomic mass is 10.2. The van der Waals surface area contributed by atoms with Gasteiger partial charge in [-0.2, -0.15) is 0 Å². The lowest BCUT2D eigenvalue weighted by molar-refractivity contribution is -0.131. The van der Waals surface area contributed by atoms with Gasteiger partial charge in [-0.3, -0.25) is 10.0 Å². The Labute approximate surface area is 157 Å². The van der Waals surface area contributed by atoms with Crippen LogP contribution >= 0.6 is 11.6 Å². The number of amides is 1. The number of benzene rings is 2. The predicted octanol–water partition coefficient (Wildman–Crippen LogP) is 3.06. The van der Waals surface area contributed by atoms with Gasteiger partial charge in [0, 0.05) is 17.1 Å². The lowest BCUT2D eigenvalue weighted by Crippen LogP contribution is -2.25. The fourth-order valence-electron chi connectivity index (χ4n) is 2.32. The second kappa shape index (κ2) is 8.02. The van der Waals surface area contributed by atoms with E-state index in [-0.39, 0.29) is 10.8 Å². The molecule has 3 rings (SSSR count). The van der Waals surface area contributed by atoms with Crippen molar-refractivity contribution in [1.29, 1.82) is 0 Å². The average Bonchev–Trinajstić information content (AvgIpc) is 2.68. The van der Waals surface area contributed by atoms with E-state index in [1.54, 1.807) is 12.1 Å². The number of ether oxygens (including phenoxy) is 2. The van der Waals surface area contributed by atoms with E-state index in [1.165, 1.54) is 37.1 Å². The summed E-state index contributed by atoms with van der Waals surface area (Å²) in [4.78, 5) is 19.6. The summed E-state index contributed by atoms with van der Waals surface area (Å²) in [7, 11) is 1.45. The zero-order valence-electron chi connectivity index (χ0n) is 14.0. The van der Waals surface area contributed by atoms with Crippen molar-refractivity contribution in [3.8, 4) is 11.5 Å². The van der Waals surface area contributed by atoms with Gasteiger partial charge in [-0.15, -0.1) is 0 Å². The van der Waals surface area contributed by atoms with Gasteiger partial charge >= 0.3 is 0 Å². The number of hydrogen-bond acceptors (Lipinski definition) is 7. The van der Waals surface area contributed by atoms with E-state index >= 15 is 0 Å². The van der Waals surface area contributed by atoms with Crippen LogP contribution in [0.1, 0.15) is 0 Å². The van der Waals surface area contributed by atoms with Crippen molar-refractivity contribution in [2.75, 3.05) is 19.0 Å². The molecule has 1 aromatic heterocycles. The van der Waals surface area contributed by atoms with Crippen LogP contribution in [0.5, 0.6) is 11.5 Å². The van der Waals surface area contributed by atoms with Crippen molar-refractivity contribution in [2.24, 2.45) is 0 Å². The van der Waals surface area contributed by atoms with Crippen molar-refractivity contribution in [1.82, 2.24) is 15.4 Å². The van der Waals surface area contributed by atoms with E-state index in [0.29, 0.717) is 28.2 Å². The van der Waals surface area contributed by atoms with Crippen molar-refractivity contribution < 1.29 is 23.9 Å². The van der Waals surface area contributed by atoms with Crippen LogP contribution in [-0.4, -0.2) is 34.8 Å². The zero-order chi connectivity index (χ0) is 19.4. The minimum absolute atomic E-state index is 0.0286. The van der Waals surface area contributed by atoms with Crippen LogP contribution in [0, 0.1) is 5.82 Å². The molecule has 1 heterocycles. The molecule has 0 aliphatic rings. The van der Waals surface area contributed by atoms with Crippen LogP contribution in [0.15, 0.2) is 36.7 Å². The van der Waals surface area contributed by atoms with Gasteiger partial charge in [0.05, 0.1) is 17.6 Å². The van der Waals surface area contributed by atoms with Gasteiger partial charge < -0.3 is 14.8 Å². The number of hydroxylamine groups is 1. The third kappa shape index (κ3) is 4.15. The maximum Gasteiger partial charge on any atom is 0.281 e. The summed E-state index contributed by atoms with van der Waals surface area (Å²) in [5.41, 5.74) is 2.56. The Hall–Kier alpha value is -3.17. The first kappa shape index (κ1) is 18.6. The summed E-state index contributed by atoms with van der Waals surface area (Å²) < 4.78 is 24.0. The van der Waals surface area contributed by atoms with Gasteiger partial charge in [-0.1, -0.05) is 11.6 Å². The number of nitrogens with one attached hydrogen (secondary N) is 2. The minimum atomic E-state index is -0.722. The molecule has 140 valence electrons. The van der Waals surface area contributed by atoms with Gasteiger partial charge in [0.25, 0.3) is 5.91 Å². The van der Waals surface area contributed by atoms with Crippen LogP contribution in [-0.2, 0) is 4.79 Å². The van der Waals surface area contributed by atoms with Gasteiger partial charge in [0.2, 0.25) is 0 Å². The molecule has 0 saturated carbocycles. The van der Waals surface area contributed by atoms with Gasteiger partial charge in [-0.25, -0.2) is 19.8 Å². The number of aromatic nitrogens is 2. The van der Waals surface area contributed by atoms with E-state index < -0.39 is 18.3 Å². The molecule has 0 bridgehead atoms. The highest BCUT2D eigenvalue weighted by Crippen LogP contribution is 2.35. The quantitative estimate of drug-likeness (QED) is 0.437. The number of methoxy groups -OCH3 is 1. The number of anilines is 2. The van der Waals surface area contributed by atoms with Crippen molar-refractivity contribution in [3.05, 3.63) is 47.5 Å². The molecule has 1 amide bonds. The Balaban J connectivity index is 2.00. The van der Waals surface area contributed by atoms with E-state index in [4.69, 9.17) is 26.3 Å². The van der Waals surface area contributed by atoms with Crippen molar-refractivity contribution >= 4 is 39.9 Å². The Kier molecular flexibility index (Phi) is 5.53. The molecule has 2 aromatic carbocycles. The maximum absolute atomic E-state index is 13.3. The summed E-state index contributed by atoms with van der Waals surface area (Å²) >= 11 is 5.81. The van der Waals surface area contributed by atoms with Crippen molar-refractivity contribution in [2.45, 2.75) is 0 Å². The summed E-state index contributed by atoms with van der Waals surface area (Å²) in [6.45, 7) is -0.414. The molecule has 0 saturated heterocycles. The summed E-state index contributed by atoms with van der Waals surface area (Å²) in [5.74, 6) is -0.230. The second-order valence-electron chi connectivity index (χ2n) is 5.32. The van der Waals surface area contributed by atoms with E-state index in [2.05, 4.69) is 15.3 Å². The molecule has 0 aliphatic carbocycles. The Morgan fingerprint density at radius 2 is 2.07 bits per heavy atom. The molecular weight excluding hydrogens is 379 g/mol. The molecule has 0 aliphatic heterocycles. The SMILES string of the molecule is COc1cc2ncnc(Nc3ccc(F)c(Cl)c3)c2cc1OCC(=O)NO. The largest absolute Gasteiger partial charge is 0.493 e. The molecule has 0 spiro atoms. The monoisotopic (exact) mass is 392 g/mol. The first-order valence-corrected chi connectivity index (χ1v) is 8.00. The molecule has 8 nitrogen and oxygen atoms in total. The fourth-order valence-corrected chi connectivity index (χ4v) is 2.50. The number of fused-ring (bicyclic) bond motifs is 1. The minimum Gasteiger partial charge on any atom is -0.493 e. The molecule has 0 atom stereocenters. The van der Waals surface area contributed by atoms with Gasteiger partial charge in [0.1, 0.15) is 18.0 Å². The van der Waals surface area contributed by atoms with Crippen LogP contribution in [0.2, 0.25) is 5.02 Å². The highest BCUT2D eigenvalue weighted by Gasteiger charge is 2.13. The Bertz CT molecular complexity index is 1000. The standard InChI is InChI=1S/C17H14ClFN4O4/c1-26-14-6-13-10(5-15(14)27-7-16(24)23-25)17(21-8-20-13)22-9-2-3-12(19)11(18)4-9/h2-6,8,25H,7H2,1H3,(H,23,24)(H,20,21,22). The number of carbonyl (C=O) groups is 1. The molecular formula is C17H14ClFN4O4. The molecule has 10 heteroatoms. The molecule has 27 heavy (non-hydrogen) atoms. The van der Waals surface area contributed by atoms with Crippen LogP contribution in [0.4, 0.5) is 15.9 Å². The highest BCUT2D eigenvalue weighted by molar-refractivity contribution is 6.31. The highest BCUT2D eigenvalue weighted by atomic mass is 35.5. The summed E-state index contributed by atoms with van der Waals surface area (Å²) in [5, 5.41) is 12.2. The Morgan fingerprint density at radius 1 is 1.26 bits per heavy atom. The summed E-state index contributed by atoms with van der Waals surface area (Å²) in [6.07, 6.45) is 1.36. The number of rotatable bonds is 6. The topological polar surface area (TPSA) is 106 Å². The molecule has 0 unspecified atom stereocenters.